The summed E-state index contributed by atoms with van der Waals surface area (Å²) < 4.78 is 0. The molecule has 1 rings (SSSR count). The van der Waals surface area contributed by atoms with Gasteiger partial charge in [0.1, 0.15) is 0 Å². The molecule has 0 radical (unpaired) electrons. The van der Waals surface area contributed by atoms with E-state index in [-0.39, 0.29) is 0 Å². The molecule has 0 aliphatic rings. The Labute approximate surface area is 100 Å². The van der Waals surface area contributed by atoms with Gasteiger partial charge in [0.2, 0.25) is 0 Å². The Balaban J connectivity index is 2.63. The molecule has 0 aliphatic heterocycles. The summed E-state index contributed by atoms with van der Waals surface area (Å²) in [6, 6.07) is 9.53. The van der Waals surface area contributed by atoms with Crippen molar-refractivity contribution in [1.29, 1.82) is 0 Å². The van der Waals surface area contributed by atoms with Crippen LogP contribution in [0.4, 0.5) is 0 Å². The summed E-state index contributed by atoms with van der Waals surface area (Å²) in [5, 5.41) is 3.62. The van der Waals surface area contributed by atoms with Crippen molar-refractivity contribution in [1.82, 2.24) is 5.32 Å². The van der Waals surface area contributed by atoms with Crippen molar-refractivity contribution >= 4 is 0 Å². The Hall–Kier alpha value is -0.820. The smallest absolute Gasteiger partial charge is 0.0317 e. The topological polar surface area (TPSA) is 12.0 Å². The summed E-state index contributed by atoms with van der Waals surface area (Å²) in [5.41, 5.74) is 2.84. The highest BCUT2D eigenvalue weighted by Crippen LogP contribution is 2.17. The molecule has 0 saturated heterocycles. The van der Waals surface area contributed by atoms with Crippen LogP contribution in [0.3, 0.4) is 0 Å². The van der Waals surface area contributed by atoms with Crippen LogP contribution in [0.25, 0.3) is 0 Å². The Kier molecular flexibility index (Phi) is 5.54. The first-order valence-electron chi connectivity index (χ1n) is 6.49. The molecule has 1 aromatic carbocycles. The van der Waals surface area contributed by atoms with Crippen molar-refractivity contribution in [2.45, 2.75) is 46.6 Å². The second-order valence-electron chi connectivity index (χ2n) is 4.86. The van der Waals surface area contributed by atoms with Crippen LogP contribution in [0.5, 0.6) is 0 Å². The van der Waals surface area contributed by atoms with E-state index in [4.69, 9.17) is 0 Å². The number of hydrogen-bond donors (Lipinski definition) is 1. The van der Waals surface area contributed by atoms with Gasteiger partial charge in [-0.2, -0.15) is 0 Å². The van der Waals surface area contributed by atoms with Gasteiger partial charge >= 0.3 is 0 Å². The molecule has 0 aliphatic carbocycles. The largest absolute Gasteiger partial charge is 0.310 e. The minimum Gasteiger partial charge on any atom is -0.310 e. The molecule has 0 saturated carbocycles. The SMILES string of the molecule is CCc1ccc(C(CC)NCC(C)C)cc1. The zero-order chi connectivity index (χ0) is 12.0. The highest BCUT2D eigenvalue weighted by molar-refractivity contribution is 5.24. The van der Waals surface area contributed by atoms with Gasteiger partial charge in [-0.1, -0.05) is 52.0 Å². The van der Waals surface area contributed by atoms with Crippen LogP contribution in [0.1, 0.15) is 51.3 Å². The van der Waals surface area contributed by atoms with E-state index in [9.17, 15) is 0 Å². The predicted molar refractivity (Wildman–Crippen MR) is 71.7 cm³/mol. The minimum absolute atomic E-state index is 0.508. The lowest BCUT2D eigenvalue weighted by Crippen LogP contribution is -2.24. The molecule has 90 valence electrons. The summed E-state index contributed by atoms with van der Waals surface area (Å²) in [7, 11) is 0. The van der Waals surface area contributed by atoms with Gasteiger partial charge in [0.15, 0.2) is 0 Å². The van der Waals surface area contributed by atoms with Crippen molar-refractivity contribution < 1.29 is 0 Å². The van der Waals surface area contributed by atoms with E-state index in [0.29, 0.717) is 12.0 Å². The van der Waals surface area contributed by atoms with E-state index < -0.39 is 0 Å². The fourth-order valence-electron chi connectivity index (χ4n) is 1.86. The van der Waals surface area contributed by atoms with Gasteiger partial charge in [0, 0.05) is 6.04 Å². The van der Waals surface area contributed by atoms with Crippen LogP contribution >= 0.6 is 0 Å². The quantitative estimate of drug-likeness (QED) is 0.764. The second-order valence-corrected chi connectivity index (χ2v) is 4.86. The summed E-state index contributed by atoms with van der Waals surface area (Å²) in [4.78, 5) is 0. The lowest BCUT2D eigenvalue weighted by molar-refractivity contribution is 0.464. The van der Waals surface area contributed by atoms with E-state index in [1.807, 2.05) is 0 Å². The van der Waals surface area contributed by atoms with Gasteiger partial charge < -0.3 is 5.32 Å². The number of aryl methyl sites for hydroxylation is 1. The van der Waals surface area contributed by atoms with Crippen molar-refractivity contribution in [3.8, 4) is 0 Å². The number of benzene rings is 1. The van der Waals surface area contributed by atoms with E-state index in [2.05, 4.69) is 57.3 Å². The summed E-state index contributed by atoms with van der Waals surface area (Å²) in [5.74, 6) is 0.712. The standard InChI is InChI=1S/C15H25N/c1-5-13-7-9-14(10-8-13)15(6-2)16-11-12(3)4/h7-10,12,15-16H,5-6,11H2,1-4H3. The van der Waals surface area contributed by atoms with Crippen LogP contribution < -0.4 is 5.32 Å². The molecule has 0 amide bonds. The number of rotatable bonds is 6. The van der Waals surface area contributed by atoms with Crippen LogP contribution in [0, 0.1) is 5.92 Å². The first-order valence-corrected chi connectivity index (χ1v) is 6.49. The lowest BCUT2D eigenvalue weighted by Gasteiger charge is -2.19. The van der Waals surface area contributed by atoms with Gasteiger partial charge in [0.25, 0.3) is 0 Å². The van der Waals surface area contributed by atoms with Gasteiger partial charge in [-0.3, -0.25) is 0 Å². The maximum atomic E-state index is 3.62. The molecule has 1 atom stereocenters. The third kappa shape index (κ3) is 3.97. The van der Waals surface area contributed by atoms with Crippen molar-refractivity contribution in [3.63, 3.8) is 0 Å². The number of nitrogens with one attached hydrogen (secondary N) is 1. The molecule has 16 heavy (non-hydrogen) atoms. The molecule has 1 unspecified atom stereocenters. The number of hydrogen-bond acceptors (Lipinski definition) is 1. The fourth-order valence-corrected chi connectivity index (χ4v) is 1.86. The monoisotopic (exact) mass is 219 g/mol. The molecule has 0 heterocycles. The van der Waals surface area contributed by atoms with E-state index in [1.54, 1.807) is 0 Å². The Morgan fingerprint density at radius 3 is 2.12 bits per heavy atom. The molecule has 1 heteroatoms. The van der Waals surface area contributed by atoms with Gasteiger partial charge in [0.05, 0.1) is 0 Å². The third-order valence-corrected chi connectivity index (χ3v) is 2.97. The molecular formula is C15H25N. The highest BCUT2D eigenvalue weighted by Gasteiger charge is 2.08. The minimum atomic E-state index is 0.508. The average molecular weight is 219 g/mol. The maximum absolute atomic E-state index is 3.62. The molecule has 0 fully saturated rings. The van der Waals surface area contributed by atoms with Crippen LogP contribution in [0.15, 0.2) is 24.3 Å². The lowest BCUT2D eigenvalue weighted by atomic mass is 10.0. The van der Waals surface area contributed by atoms with E-state index in [1.165, 1.54) is 11.1 Å². The third-order valence-electron chi connectivity index (χ3n) is 2.97. The highest BCUT2D eigenvalue weighted by atomic mass is 14.9. The van der Waals surface area contributed by atoms with Gasteiger partial charge in [-0.25, -0.2) is 0 Å². The first kappa shape index (κ1) is 13.2. The Bertz CT molecular complexity index is 287. The second kappa shape index (κ2) is 6.70. The Morgan fingerprint density at radius 2 is 1.69 bits per heavy atom. The fraction of sp³-hybridized carbons (Fsp3) is 0.600. The first-order chi connectivity index (χ1) is 7.67. The summed E-state index contributed by atoms with van der Waals surface area (Å²) >= 11 is 0. The maximum Gasteiger partial charge on any atom is 0.0317 e. The zero-order valence-corrected chi connectivity index (χ0v) is 11.1. The van der Waals surface area contributed by atoms with E-state index >= 15 is 0 Å². The van der Waals surface area contributed by atoms with Crippen LogP contribution in [-0.4, -0.2) is 6.54 Å². The van der Waals surface area contributed by atoms with Gasteiger partial charge in [-0.15, -0.1) is 0 Å². The normalized spacial score (nSPS) is 13.1. The summed E-state index contributed by atoms with van der Waals surface area (Å²) in [6.07, 6.45) is 2.27. The van der Waals surface area contributed by atoms with Crippen molar-refractivity contribution in [2.75, 3.05) is 6.54 Å². The molecular weight excluding hydrogens is 194 g/mol. The predicted octanol–water partition coefficient (Wildman–Crippen LogP) is 3.95. The molecule has 0 aromatic heterocycles. The van der Waals surface area contributed by atoms with Crippen molar-refractivity contribution in [3.05, 3.63) is 35.4 Å². The van der Waals surface area contributed by atoms with Gasteiger partial charge in [-0.05, 0) is 36.4 Å². The van der Waals surface area contributed by atoms with Crippen molar-refractivity contribution in [2.24, 2.45) is 5.92 Å². The molecule has 1 N–H and O–H groups in total. The summed E-state index contributed by atoms with van der Waals surface area (Å²) in [6.45, 7) is 10.0. The average Bonchev–Trinajstić information content (AvgIpc) is 2.30. The van der Waals surface area contributed by atoms with Crippen LogP contribution in [0.2, 0.25) is 0 Å². The molecule has 0 bridgehead atoms. The molecule has 1 nitrogen and oxygen atoms in total. The van der Waals surface area contributed by atoms with Crippen LogP contribution in [-0.2, 0) is 6.42 Å². The zero-order valence-electron chi connectivity index (χ0n) is 11.1. The molecule has 1 aromatic rings. The van der Waals surface area contributed by atoms with E-state index in [0.717, 1.165) is 19.4 Å². The Morgan fingerprint density at radius 1 is 1.06 bits per heavy atom. The molecule has 0 spiro atoms.